The van der Waals surface area contributed by atoms with Gasteiger partial charge < -0.3 is 9.64 Å². The molecule has 7 heteroatoms. The number of imide groups is 1. The molecular formula is C15H16ClFN2O3. The van der Waals surface area contributed by atoms with Crippen LogP contribution in [0.25, 0.3) is 0 Å². The average Bonchev–Trinajstić information content (AvgIpc) is 2.75. The van der Waals surface area contributed by atoms with Gasteiger partial charge in [-0.3, -0.25) is 4.79 Å². The van der Waals surface area contributed by atoms with Crippen molar-refractivity contribution in [2.45, 2.75) is 31.9 Å². The highest BCUT2D eigenvalue weighted by molar-refractivity contribution is 6.31. The first-order valence-corrected chi connectivity index (χ1v) is 7.54. The Labute approximate surface area is 132 Å². The lowest BCUT2D eigenvalue weighted by molar-refractivity contribution is -0.120. The summed E-state index contributed by atoms with van der Waals surface area (Å²) in [4.78, 5) is 27.4. The molecule has 118 valence electrons. The van der Waals surface area contributed by atoms with Crippen molar-refractivity contribution in [2.24, 2.45) is 0 Å². The van der Waals surface area contributed by atoms with Gasteiger partial charge in [0.1, 0.15) is 11.9 Å². The van der Waals surface area contributed by atoms with E-state index in [2.05, 4.69) is 0 Å². The van der Waals surface area contributed by atoms with E-state index in [4.69, 9.17) is 16.3 Å². The number of halogens is 2. The Balaban J connectivity index is 2.01. The number of piperidine rings is 1. The molecule has 0 aromatic heterocycles. The molecule has 2 aliphatic rings. The van der Waals surface area contributed by atoms with Crippen LogP contribution in [-0.2, 0) is 16.1 Å². The second-order valence-electron chi connectivity index (χ2n) is 5.49. The summed E-state index contributed by atoms with van der Waals surface area (Å²) in [5.74, 6) is -1.05. The van der Waals surface area contributed by atoms with Crippen molar-refractivity contribution < 1.29 is 18.7 Å². The number of carbonyl (C=O) groups excluding carboxylic acids is 2. The minimum atomic E-state index is -0.689. The molecule has 0 aliphatic carbocycles. The summed E-state index contributed by atoms with van der Waals surface area (Å²) in [5.41, 5.74) is 0.479. The fraction of sp³-hybridized carbons (Fsp3) is 0.467. The molecular weight excluding hydrogens is 311 g/mol. The molecule has 2 heterocycles. The lowest BCUT2D eigenvalue weighted by Gasteiger charge is -2.26. The number of amides is 3. The summed E-state index contributed by atoms with van der Waals surface area (Å²) in [5, 5.41) is 0.208. The van der Waals surface area contributed by atoms with Crippen molar-refractivity contribution in [3.8, 4) is 0 Å². The molecule has 2 fully saturated rings. The van der Waals surface area contributed by atoms with Crippen molar-refractivity contribution in [3.05, 3.63) is 28.5 Å². The summed E-state index contributed by atoms with van der Waals surface area (Å²) in [7, 11) is 1.49. The zero-order chi connectivity index (χ0) is 15.9. The van der Waals surface area contributed by atoms with Gasteiger partial charge in [-0.25, -0.2) is 14.1 Å². The number of anilines is 1. The maximum absolute atomic E-state index is 14.3. The fourth-order valence-corrected chi connectivity index (χ4v) is 3.23. The van der Waals surface area contributed by atoms with Gasteiger partial charge in [0, 0.05) is 18.7 Å². The Morgan fingerprint density at radius 3 is 2.82 bits per heavy atom. The molecule has 2 saturated heterocycles. The Morgan fingerprint density at radius 1 is 1.36 bits per heavy atom. The highest BCUT2D eigenvalue weighted by Crippen LogP contribution is 2.34. The normalized spacial score (nSPS) is 21.5. The van der Waals surface area contributed by atoms with Crippen LogP contribution in [0.3, 0.4) is 0 Å². The van der Waals surface area contributed by atoms with Gasteiger partial charge in [-0.2, -0.15) is 0 Å². The van der Waals surface area contributed by atoms with Crippen LogP contribution in [0.4, 0.5) is 14.9 Å². The van der Waals surface area contributed by atoms with Crippen LogP contribution in [-0.4, -0.2) is 36.5 Å². The van der Waals surface area contributed by atoms with E-state index in [-0.39, 0.29) is 23.2 Å². The van der Waals surface area contributed by atoms with Crippen LogP contribution in [0.5, 0.6) is 0 Å². The number of rotatable bonds is 3. The average molecular weight is 327 g/mol. The highest BCUT2D eigenvalue weighted by Gasteiger charge is 2.47. The monoisotopic (exact) mass is 326 g/mol. The standard InChI is InChI=1S/C15H16ClFN2O3/c1-22-8-9-6-13(11(17)7-10(9)16)19-14(20)12-4-2-3-5-18(12)15(19)21/h6-7,12H,2-5,8H2,1H3. The van der Waals surface area contributed by atoms with Gasteiger partial charge in [-0.1, -0.05) is 11.6 Å². The molecule has 0 saturated carbocycles. The van der Waals surface area contributed by atoms with E-state index in [1.165, 1.54) is 18.1 Å². The van der Waals surface area contributed by atoms with E-state index < -0.39 is 17.9 Å². The predicted octanol–water partition coefficient (Wildman–Crippen LogP) is 2.95. The van der Waals surface area contributed by atoms with E-state index in [0.29, 0.717) is 18.5 Å². The van der Waals surface area contributed by atoms with Crippen LogP contribution in [0, 0.1) is 5.82 Å². The molecule has 2 aliphatic heterocycles. The van der Waals surface area contributed by atoms with E-state index in [1.54, 1.807) is 0 Å². The zero-order valence-electron chi connectivity index (χ0n) is 12.1. The minimum Gasteiger partial charge on any atom is -0.380 e. The molecule has 3 rings (SSSR count). The second-order valence-corrected chi connectivity index (χ2v) is 5.90. The molecule has 3 amide bonds. The molecule has 0 bridgehead atoms. The molecule has 1 unspecified atom stereocenters. The third-order valence-corrected chi connectivity index (χ3v) is 4.45. The smallest absolute Gasteiger partial charge is 0.332 e. The van der Waals surface area contributed by atoms with Crippen LogP contribution in [0.15, 0.2) is 12.1 Å². The lowest BCUT2D eigenvalue weighted by Crippen LogP contribution is -2.39. The number of ether oxygens (including phenoxy) is 1. The molecule has 22 heavy (non-hydrogen) atoms. The topological polar surface area (TPSA) is 49.9 Å². The first-order chi connectivity index (χ1) is 10.5. The van der Waals surface area contributed by atoms with Crippen molar-refractivity contribution in [2.75, 3.05) is 18.6 Å². The highest BCUT2D eigenvalue weighted by atomic mass is 35.5. The maximum Gasteiger partial charge on any atom is 0.332 e. The maximum atomic E-state index is 14.3. The Hall–Kier alpha value is -1.66. The number of hydrogen-bond donors (Lipinski definition) is 0. The number of nitrogens with zero attached hydrogens (tertiary/aromatic N) is 2. The zero-order valence-corrected chi connectivity index (χ0v) is 12.9. The number of methoxy groups -OCH3 is 1. The number of urea groups is 1. The Bertz CT molecular complexity index is 613. The lowest BCUT2D eigenvalue weighted by atomic mass is 10.0. The quantitative estimate of drug-likeness (QED) is 0.802. The van der Waals surface area contributed by atoms with Crippen LogP contribution in [0.1, 0.15) is 24.8 Å². The Morgan fingerprint density at radius 2 is 2.14 bits per heavy atom. The van der Waals surface area contributed by atoms with Crippen molar-refractivity contribution in [1.29, 1.82) is 0 Å². The van der Waals surface area contributed by atoms with Gasteiger partial charge in [0.15, 0.2) is 0 Å². The molecule has 1 aromatic rings. The first kappa shape index (κ1) is 15.2. The number of hydrogen-bond acceptors (Lipinski definition) is 3. The van der Waals surface area contributed by atoms with Gasteiger partial charge in [0.05, 0.1) is 12.3 Å². The second kappa shape index (κ2) is 5.85. The number of benzene rings is 1. The Kier molecular flexibility index (Phi) is 4.06. The third kappa shape index (κ3) is 2.36. The summed E-state index contributed by atoms with van der Waals surface area (Å²) in [6.07, 6.45) is 2.38. The molecule has 0 spiro atoms. The van der Waals surface area contributed by atoms with Crippen molar-refractivity contribution >= 4 is 29.2 Å². The van der Waals surface area contributed by atoms with E-state index in [0.717, 1.165) is 23.8 Å². The van der Waals surface area contributed by atoms with Crippen molar-refractivity contribution in [3.63, 3.8) is 0 Å². The van der Waals surface area contributed by atoms with Crippen molar-refractivity contribution in [1.82, 2.24) is 4.90 Å². The van der Waals surface area contributed by atoms with Gasteiger partial charge in [-0.05, 0) is 37.0 Å². The van der Waals surface area contributed by atoms with E-state index >= 15 is 0 Å². The fourth-order valence-electron chi connectivity index (χ4n) is 3.03. The van der Waals surface area contributed by atoms with Crippen LogP contribution < -0.4 is 4.90 Å². The number of carbonyl (C=O) groups is 2. The predicted molar refractivity (Wildman–Crippen MR) is 79.4 cm³/mol. The first-order valence-electron chi connectivity index (χ1n) is 7.16. The summed E-state index contributed by atoms with van der Waals surface area (Å²) >= 11 is 5.96. The summed E-state index contributed by atoms with van der Waals surface area (Å²) in [6.45, 7) is 0.710. The molecule has 0 radical (unpaired) electrons. The van der Waals surface area contributed by atoms with Gasteiger partial charge in [0.2, 0.25) is 0 Å². The SMILES string of the molecule is COCc1cc(N2C(=O)C3CCCCN3C2=O)c(F)cc1Cl. The third-order valence-electron chi connectivity index (χ3n) is 4.10. The van der Waals surface area contributed by atoms with E-state index in [1.807, 2.05) is 0 Å². The van der Waals surface area contributed by atoms with Gasteiger partial charge >= 0.3 is 6.03 Å². The molecule has 5 nitrogen and oxygen atoms in total. The summed E-state index contributed by atoms with van der Waals surface area (Å²) < 4.78 is 19.3. The number of fused-ring (bicyclic) bond motifs is 1. The van der Waals surface area contributed by atoms with Gasteiger partial charge in [-0.15, -0.1) is 0 Å². The van der Waals surface area contributed by atoms with Crippen LogP contribution >= 0.6 is 11.6 Å². The van der Waals surface area contributed by atoms with Gasteiger partial charge in [0.25, 0.3) is 5.91 Å². The molecule has 1 aromatic carbocycles. The largest absolute Gasteiger partial charge is 0.380 e. The minimum absolute atomic E-state index is 0.0548. The summed E-state index contributed by atoms with van der Waals surface area (Å²) in [6, 6.07) is 1.60. The molecule has 1 atom stereocenters. The van der Waals surface area contributed by atoms with Crippen LogP contribution in [0.2, 0.25) is 5.02 Å². The molecule has 0 N–H and O–H groups in total. The van der Waals surface area contributed by atoms with E-state index in [9.17, 15) is 14.0 Å².